The highest BCUT2D eigenvalue weighted by molar-refractivity contribution is 5.94. The summed E-state index contributed by atoms with van der Waals surface area (Å²) in [5.41, 5.74) is 3.54. The predicted molar refractivity (Wildman–Crippen MR) is 108 cm³/mol. The van der Waals surface area contributed by atoms with Gasteiger partial charge >= 0.3 is 0 Å². The molecule has 2 aromatic rings. The van der Waals surface area contributed by atoms with Gasteiger partial charge in [0.15, 0.2) is 0 Å². The Morgan fingerprint density at radius 3 is 2.36 bits per heavy atom. The van der Waals surface area contributed by atoms with Crippen molar-refractivity contribution in [2.24, 2.45) is 0 Å². The van der Waals surface area contributed by atoms with Gasteiger partial charge in [0.25, 0.3) is 5.91 Å². The van der Waals surface area contributed by atoms with E-state index in [0.717, 1.165) is 42.5 Å². The number of carbonyl (C=O) groups is 2. The van der Waals surface area contributed by atoms with Crippen LogP contribution < -0.4 is 0 Å². The number of piperidine rings is 1. The minimum atomic E-state index is -0.00861. The van der Waals surface area contributed by atoms with Gasteiger partial charge in [0, 0.05) is 37.7 Å². The van der Waals surface area contributed by atoms with Crippen LogP contribution in [0.5, 0.6) is 0 Å². The average Bonchev–Trinajstić information content (AvgIpc) is 3.19. The number of benzene rings is 2. The van der Waals surface area contributed by atoms with Crippen LogP contribution in [0.1, 0.15) is 41.6 Å². The van der Waals surface area contributed by atoms with E-state index in [4.69, 9.17) is 0 Å². The summed E-state index contributed by atoms with van der Waals surface area (Å²) in [6.07, 6.45) is 3.35. The highest BCUT2D eigenvalue weighted by Crippen LogP contribution is 2.26. The molecule has 0 aliphatic carbocycles. The van der Waals surface area contributed by atoms with Crippen LogP contribution in [0.15, 0.2) is 48.5 Å². The SMILES string of the molecule is O=C(c1ccc(-c2ccccc2CO)cc1)N1CCC(N2CCCC2=O)CC1. The van der Waals surface area contributed by atoms with Crippen molar-refractivity contribution in [1.82, 2.24) is 9.80 Å². The first-order chi connectivity index (χ1) is 13.7. The number of amides is 2. The summed E-state index contributed by atoms with van der Waals surface area (Å²) in [6.45, 7) is 2.25. The fourth-order valence-corrected chi connectivity index (χ4v) is 4.35. The quantitative estimate of drug-likeness (QED) is 0.889. The van der Waals surface area contributed by atoms with Crippen molar-refractivity contribution < 1.29 is 14.7 Å². The Balaban J connectivity index is 1.41. The zero-order chi connectivity index (χ0) is 19.5. The Bertz CT molecular complexity index is 854. The third-order valence-corrected chi connectivity index (χ3v) is 5.93. The van der Waals surface area contributed by atoms with Crippen LogP contribution in [0.2, 0.25) is 0 Å². The van der Waals surface area contributed by atoms with Gasteiger partial charge in [-0.25, -0.2) is 0 Å². The topological polar surface area (TPSA) is 60.9 Å². The molecule has 0 spiro atoms. The van der Waals surface area contributed by atoms with E-state index in [1.165, 1.54) is 0 Å². The third-order valence-electron chi connectivity index (χ3n) is 5.93. The summed E-state index contributed by atoms with van der Waals surface area (Å²) in [5.74, 6) is 0.316. The molecular weight excluding hydrogens is 352 g/mol. The zero-order valence-corrected chi connectivity index (χ0v) is 16.0. The lowest BCUT2D eigenvalue weighted by Crippen LogP contribution is -2.47. The molecule has 2 heterocycles. The molecule has 2 aromatic carbocycles. The summed E-state index contributed by atoms with van der Waals surface area (Å²) in [6, 6.07) is 15.6. The number of carbonyl (C=O) groups excluding carboxylic acids is 2. The van der Waals surface area contributed by atoms with Crippen LogP contribution in [-0.4, -0.2) is 52.4 Å². The van der Waals surface area contributed by atoms with Crippen LogP contribution in [0.3, 0.4) is 0 Å². The molecule has 2 saturated heterocycles. The van der Waals surface area contributed by atoms with Crippen molar-refractivity contribution in [1.29, 1.82) is 0 Å². The second-order valence-corrected chi connectivity index (χ2v) is 7.61. The molecule has 0 saturated carbocycles. The lowest BCUT2D eigenvalue weighted by atomic mass is 9.98. The minimum Gasteiger partial charge on any atom is -0.392 e. The molecule has 2 amide bonds. The van der Waals surface area contributed by atoms with Crippen molar-refractivity contribution >= 4 is 11.8 Å². The predicted octanol–water partition coefficient (Wildman–Crippen LogP) is 3.07. The van der Waals surface area contributed by atoms with E-state index in [9.17, 15) is 14.7 Å². The van der Waals surface area contributed by atoms with Gasteiger partial charge in [0.2, 0.25) is 5.91 Å². The molecule has 5 nitrogen and oxygen atoms in total. The van der Waals surface area contributed by atoms with Crippen LogP contribution in [0.25, 0.3) is 11.1 Å². The van der Waals surface area contributed by atoms with Crippen molar-refractivity contribution in [2.45, 2.75) is 38.3 Å². The maximum Gasteiger partial charge on any atom is 0.253 e. The number of nitrogens with zero attached hydrogens (tertiary/aromatic N) is 2. The first-order valence-corrected chi connectivity index (χ1v) is 10.1. The maximum atomic E-state index is 12.9. The lowest BCUT2D eigenvalue weighted by Gasteiger charge is -2.36. The third kappa shape index (κ3) is 3.67. The monoisotopic (exact) mass is 378 g/mol. The largest absolute Gasteiger partial charge is 0.392 e. The van der Waals surface area contributed by atoms with E-state index in [1.54, 1.807) is 0 Å². The van der Waals surface area contributed by atoms with E-state index >= 15 is 0 Å². The summed E-state index contributed by atoms with van der Waals surface area (Å²) in [5, 5.41) is 9.52. The second-order valence-electron chi connectivity index (χ2n) is 7.61. The minimum absolute atomic E-state index is 0.00861. The highest BCUT2D eigenvalue weighted by Gasteiger charge is 2.32. The van der Waals surface area contributed by atoms with Gasteiger partial charge in [0.05, 0.1) is 6.61 Å². The number of rotatable bonds is 4. The molecule has 5 heteroatoms. The molecular formula is C23H26N2O3. The van der Waals surface area contributed by atoms with Crippen LogP contribution >= 0.6 is 0 Å². The molecule has 0 atom stereocenters. The van der Waals surface area contributed by atoms with Crippen molar-refractivity contribution in [2.75, 3.05) is 19.6 Å². The lowest BCUT2D eigenvalue weighted by molar-refractivity contribution is -0.130. The normalized spacial score (nSPS) is 18.0. The molecule has 0 bridgehead atoms. The smallest absolute Gasteiger partial charge is 0.253 e. The number of aliphatic hydroxyl groups excluding tert-OH is 1. The van der Waals surface area contributed by atoms with Crippen LogP contribution in [-0.2, 0) is 11.4 Å². The summed E-state index contributed by atoms with van der Waals surface area (Å²) >= 11 is 0. The molecule has 0 unspecified atom stereocenters. The fraction of sp³-hybridized carbons (Fsp3) is 0.391. The molecule has 28 heavy (non-hydrogen) atoms. The van der Waals surface area contributed by atoms with E-state index in [0.29, 0.717) is 25.1 Å². The number of hydrogen-bond acceptors (Lipinski definition) is 3. The van der Waals surface area contributed by atoms with Gasteiger partial charge < -0.3 is 14.9 Å². The Morgan fingerprint density at radius 2 is 1.71 bits per heavy atom. The van der Waals surface area contributed by atoms with Crippen LogP contribution in [0, 0.1) is 0 Å². The molecule has 1 N–H and O–H groups in total. The van der Waals surface area contributed by atoms with Gasteiger partial charge in [0.1, 0.15) is 0 Å². The summed E-state index contributed by atoms with van der Waals surface area (Å²) < 4.78 is 0. The molecule has 2 aliphatic heterocycles. The Kier molecular flexibility index (Phi) is 5.44. The standard InChI is InChI=1S/C23H26N2O3/c26-16-19-4-1-2-5-21(19)17-7-9-18(10-8-17)23(28)24-14-11-20(12-15-24)25-13-3-6-22(25)27/h1-2,4-5,7-10,20,26H,3,6,11-16H2. The van der Waals surface area contributed by atoms with E-state index < -0.39 is 0 Å². The molecule has 0 aromatic heterocycles. The highest BCUT2D eigenvalue weighted by atomic mass is 16.3. The van der Waals surface area contributed by atoms with Gasteiger partial charge in [-0.15, -0.1) is 0 Å². The number of hydrogen-bond donors (Lipinski definition) is 1. The molecule has 146 valence electrons. The molecule has 2 fully saturated rings. The van der Waals surface area contributed by atoms with Gasteiger partial charge in [-0.1, -0.05) is 36.4 Å². The Morgan fingerprint density at radius 1 is 1.00 bits per heavy atom. The molecule has 4 rings (SSSR count). The van der Waals surface area contributed by atoms with E-state index in [-0.39, 0.29) is 24.5 Å². The molecule has 2 aliphatic rings. The van der Waals surface area contributed by atoms with Crippen molar-refractivity contribution in [3.8, 4) is 11.1 Å². The van der Waals surface area contributed by atoms with Crippen LogP contribution in [0.4, 0.5) is 0 Å². The maximum absolute atomic E-state index is 12.9. The van der Waals surface area contributed by atoms with Gasteiger partial charge in [-0.05, 0) is 48.1 Å². The van der Waals surface area contributed by atoms with Crippen molar-refractivity contribution in [3.63, 3.8) is 0 Å². The van der Waals surface area contributed by atoms with E-state index in [1.807, 2.05) is 58.3 Å². The number of likely N-dealkylation sites (tertiary alicyclic amines) is 2. The number of aliphatic hydroxyl groups is 1. The fourth-order valence-electron chi connectivity index (χ4n) is 4.35. The summed E-state index contributed by atoms with van der Waals surface area (Å²) in [7, 11) is 0. The molecule has 0 radical (unpaired) electrons. The Labute approximate surface area is 165 Å². The first kappa shape index (κ1) is 18.7. The summed E-state index contributed by atoms with van der Waals surface area (Å²) in [4.78, 5) is 28.7. The van der Waals surface area contributed by atoms with Crippen molar-refractivity contribution in [3.05, 3.63) is 59.7 Å². The second kappa shape index (κ2) is 8.15. The van der Waals surface area contributed by atoms with E-state index in [2.05, 4.69) is 0 Å². The van der Waals surface area contributed by atoms with Gasteiger partial charge in [-0.2, -0.15) is 0 Å². The zero-order valence-electron chi connectivity index (χ0n) is 16.0. The first-order valence-electron chi connectivity index (χ1n) is 10.1. The van der Waals surface area contributed by atoms with Gasteiger partial charge in [-0.3, -0.25) is 9.59 Å². The average molecular weight is 378 g/mol. The Hall–Kier alpha value is -2.66.